The topological polar surface area (TPSA) is 87.8 Å². The smallest absolute Gasteiger partial charge is 0.311 e. The van der Waals surface area contributed by atoms with Crippen molar-refractivity contribution in [1.29, 1.82) is 0 Å². The molecule has 1 aliphatic rings. The van der Waals surface area contributed by atoms with Crippen LogP contribution in [0.25, 0.3) is 33.5 Å². The zero-order chi connectivity index (χ0) is 32.6. The Bertz CT molecular complexity index is 1780. The molecule has 0 N–H and O–H groups in total. The second kappa shape index (κ2) is 12.9. The summed E-state index contributed by atoms with van der Waals surface area (Å²) in [5.41, 5.74) is 3.45. The van der Waals surface area contributed by atoms with Gasteiger partial charge in [0.1, 0.15) is 18.5 Å². The predicted octanol–water partition coefficient (Wildman–Crippen LogP) is 7.77. The van der Waals surface area contributed by atoms with Gasteiger partial charge in [0.2, 0.25) is 0 Å². The van der Waals surface area contributed by atoms with Gasteiger partial charge in [-0.2, -0.15) is 18.1 Å². The maximum absolute atomic E-state index is 15.6. The van der Waals surface area contributed by atoms with Gasteiger partial charge in [-0.1, -0.05) is 63.0 Å². The molecule has 0 spiro atoms. The van der Waals surface area contributed by atoms with Crippen LogP contribution in [0.4, 0.5) is 18.9 Å². The summed E-state index contributed by atoms with van der Waals surface area (Å²) in [6.45, 7) is 8.42. The number of hydrogen-bond acceptors (Lipinski definition) is 7. The number of fused-ring (bicyclic) bond motifs is 1. The predicted molar refractivity (Wildman–Crippen MR) is 174 cm³/mol. The number of benzene rings is 2. The van der Waals surface area contributed by atoms with E-state index in [1.165, 1.54) is 10.6 Å². The first-order chi connectivity index (χ1) is 21.1. The number of hydrogen-bond donors (Lipinski definition) is 0. The number of aromatic nitrogens is 3. The van der Waals surface area contributed by atoms with E-state index in [9.17, 15) is 13.0 Å². The minimum Gasteiger partial charge on any atom is -0.452 e. The summed E-state index contributed by atoms with van der Waals surface area (Å²) in [6.07, 6.45) is 0.497. The van der Waals surface area contributed by atoms with Crippen LogP contribution < -0.4 is 4.74 Å². The lowest BCUT2D eigenvalue weighted by atomic mass is 10.0. The molecule has 0 radical (unpaired) electrons. The number of imidazole rings is 1. The second-order valence-corrected chi connectivity index (χ2v) is 20.9. The van der Waals surface area contributed by atoms with Crippen molar-refractivity contribution in [2.45, 2.75) is 63.9 Å². The van der Waals surface area contributed by atoms with E-state index >= 15 is 4.39 Å². The summed E-state index contributed by atoms with van der Waals surface area (Å²) in [7, 11) is -3.65. The molecular weight excluding hydrogens is 622 g/mol. The van der Waals surface area contributed by atoms with Crippen molar-refractivity contribution in [3.63, 3.8) is 0 Å². The van der Waals surface area contributed by atoms with Gasteiger partial charge >= 0.3 is 11.9 Å². The largest absolute Gasteiger partial charge is 0.452 e. The first-order valence-corrected chi connectivity index (χ1v) is 20.9. The summed E-state index contributed by atoms with van der Waals surface area (Å²) >= 11 is 0. The van der Waals surface area contributed by atoms with Crippen molar-refractivity contribution in [3.8, 4) is 28.4 Å². The molecule has 4 aromatic rings. The summed E-state index contributed by atoms with van der Waals surface area (Å²) in [6, 6.07) is 16.6. The van der Waals surface area contributed by atoms with Gasteiger partial charge in [-0.15, -0.1) is 0 Å². The van der Waals surface area contributed by atoms with Crippen LogP contribution in [0.2, 0.25) is 25.7 Å². The minimum absolute atomic E-state index is 0.0540. The van der Waals surface area contributed by atoms with E-state index in [1.807, 2.05) is 24.3 Å². The number of ether oxygens (including phenoxy) is 3. The van der Waals surface area contributed by atoms with Gasteiger partial charge in [0, 0.05) is 48.6 Å². The second-order valence-electron chi connectivity index (χ2n) is 12.7. The molecule has 8 nitrogen and oxygen atoms in total. The van der Waals surface area contributed by atoms with Crippen molar-refractivity contribution in [3.05, 3.63) is 60.4 Å². The number of pyridine rings is 1. The molecular formula is C32H39F3N4O4SSi. The molecule has 1 fully saturated rings. The van der Waals surface area contributed by atoms with Gasteiger partial charge in [-0.25, -0.2) is 13.6 Å². The lowest BCUT2D eigenvalue weighted by Crippen LogP contribution is -2.41. The van der Waals surface area contributed by atoms with Gasteiger partial charge in [-0.05, 0) is 35.7 Å². The summed E-state index contributed by atoms with van der Waals surface area (Å²) in [5.74, 6) is -3.82. The monoisotopic (exact) mass is 660 g/mol. The quantitative estimate of drug-likeness (QED) is 0.121. The van der Waals surface area contributed by atoms with Crippen LogP contribution in [0, 0.1) is 5.82 Å². The maximum Gasteiger partial charge on any atom is 0.311 e. The minimum atomic E-state index is -3.22. The molecule has 13 heteroatoms. The van der Waals surface area contributed by atoms with Crippen LogP contribution in [0.5, 0.6) is 6.01 Å². The van der Waals surface area contributed by atoms with Crippen LogP contribution in [0.3, 0.4) is 0 Å². The average Bonchev–Trinajstić information content (AvgIpc) is 3.44. The van der Waals surface area contributed by atoms with E-state index < -0.39 is 41.8 Å². The van der Waals surface area contributed by atoms with Crippen LogP contribution in [-0.4, -0.2) is 70.7 Å². The van der Waals surface area contributed by atoms with E-state index in [1.54, 1.807) is 43.7 Å². The molecule has 0 aliphatic carbocycles. The Morgan fingerprint density at radius 1 is 1.04 bits per heavy atom. The molecule has 3 heterocycles. The fourth-order valence-corrected chi connectivity index (χ4v) is 6.39. The highest BCUT2D eigenvalue weighted by molar-refractivity contribution is 7.92. The molecule has 0 saturated carbocycles. The highest BCUT2D eigenvalue weighted by Gasteiger charge is 2.55. The van der Waals surface area contributed by atoms with Crippen molar-refractivity contribution in [2.75, 3.05) is 25.7 Å². The first-order valence-electron chi connectivity index (χ1n) is 14.8. The number of halogens is 3. The van der Waals surface area contributed by atoms with Crippen molar-refractivity contribution >= 4 is 34.7 Å². The molecule has 2 atom stereocenters. The highest BCUT2D eigenvalue weighted by Crippen LogP contribution is 2.37. The van der Waals surface area contributed by atoms with Gasteiger partial charge < -0.3 is 14.2 Å². The Labute approximate surface area is 263 Å². The molecule has 0 bridgehead atoms. The number of nitrogens with zero attached hydrogens (tertiary/aromatic N) is 4. The normalized spacial score (nSPS) is 18.4. The summed E-state index contributed by atoms with van der Waals surface area (Å²) in [4.78, 5) is 8.91. The van der Waals surface area contributed by atoms with E-state index in [2.05, 4.69) is 34.0 Å². The third-order valence-corrected chi connectivity index (χ3v) is 9.84. The lowest BCUT2D eigenvalue weighted by molar-refractivity contribution is -0.107. The standard InChI is InChI=1S/C32H39F3N4O4SSi/c1-7-27-32(34,35)28(19-42-27)43-31-37-30-26(39(31)20-41-16-17-45(4,5)6)18-25(33)29(36-30)23-10-8-21(9-11-23)22-12-14-24(15-13-22)38-44(2,3)40/h8-15,18,27-28H,7,16-17,19-20H2,1-6H3/t27-,28-/m1/s1. The lowest BCUT2D eigenvalue weighted by Gasteiger charge is -2.22. The molecule has 0 amide bonds. The Morgan fingerprint density at radius 2 is 1.67 bits per heavy atom. The zero-order valence-corrected chi connectivity index (χ0v) is 28.2. The van der Waals surface area contributed by atoms with Crippen LogP contribution >= 0.6 is 0 Å². The van der Waals surface area contributed by atoms with E-state index in [0.717, 1.165) is 17.2 Å². The van der Waals surface area contributed by atoms with Crippen molar-refractivity contribution in [2.24, 2.45) is 4.36 Å². The highest BCUT2D eigenvalue weighted by atomic mass is 32.2. The number of alkyl halides is 2. The van der Waals surface area contributed by atoms with E-state index in [4.69, 9.17) is 14.2 Å². The summed E-state index contributed by atoms with van der Waals surface area (Å²) < 4.78 is 80.1. The SMILES string of the molecule is CC[C@H]1OC[C@@H](Oc2nc3nc(-c4ccc(-c5ccc(N=S(C)(C)=O)cc5)cc4)c(F)cc3n2COCC[Si](C)(C)C)C1(F)F. The summed E-state index contributed by atoms with van der Waals surface area (Å²) in [5, 5.41) is 0. The Hall–Kier alpha value is -3.26. The molecule has 0 unspecified atom stereocenters. The molecule has 45 heavy (non-hydrogen) atoms. The number of rotatable bonds is 11. The van der Waals surface area contributed by atoms with E-state index in [-0.39, 0.29) is 42.6 Å². The third-order valence-electron chi connectivity index (χ3n) is 7.49. The van der Waals surface area contributed by atoms with E-state index in [0.29, 0.717) is 17.9 Å². The molecule has 2 aromatic heterocycles. The first kappa shape index (κ1) is 33.1. The maximum atomic E-state index is 15.6. The Balaban J connectivity index is 1.44. The zero-order valence-electron chi connectivity index (χ0n) is 26.4. The average molecular weight is 661 g/mol. The van der Waals surface area contributed by atoms with Crippen LogP contribution in [0.1, 0.15) is 13.3 Å². The van der Waals surface area contributed by atoms with Gasteiger partial charge in [-0.3, -0.25) is 4.57 Å². The molecule has 5 rings (SSSR count). The molecule has 242 valence electrons. The van der Waals surface area contributed by atoms with Gasteiger partial charge in [0.05, 0.1) is 17.8 Å². The van der Waals surface area contributed by atoms with Gasteiger partial charge in [0.15, 0.2) is 17.6 Å². The van der Waals surface area contributed by atoms with Gasteiger partial charge in [0.25, 0.3) is 0 Å². The van der Waals surface area contributed by atoms with Crippen molar-refractivity contribution < 1.29 is 31.6 Å². The van der Waals surface area contributed by atoms with Crippen LogP contribution in [0.15, 0.2) is 59.0 Å². The fraction of sp³-hybridized carbons (Fsp3) is 0.438. The fourth-order valence-electron chi connectivity index (χ4n) is 5.01. The Morgan fingerprint density at radius 3 is 2.24 bits per heavy atom. The van der Waals surface area contributed by atoms with Crippen LogP contribution in [-0.2, 0) is 25.9 Å². The molecule has 1 saturated heterocycles. The molecule has 2 aromatic carbocycles. The molecule has 1 aliphatic heterocycles. The Kier molecular flexibility index (Phi) is 9.46. The third kappa shape index (κ3) is 7.76. The van der Waals surface area contributed by atoms with Crippen molar-refractivity contribution in [1.82, 2.24) is 14.5 Å².